The first-order valence-corrected chi connectivity index (χ1v) is 15.1. The smallest absolute Gasteiger partial charge is 0.258 e. The quantitative estimate of drug-likeness (QED) is 0.189. The minimum absolute atomic E-state index is 0.0803. The molecule has 2 heterocycles. The van der Waals surface area contributed by atoms with Crippen LogP contribution in [0.25, 0.3) is 0 Å². The lowest BCUT2D eigenvalue weighted by atomic mass is 10.0. The molecule has 236 valence electrons. The zero-order chi connectivity index (χ0) is 31.0. The van der Waals surface area contributed by atoms with E-state index in [2.05, 4.69) is 29.5 Å². The lowest BCUT2D eigenvalue weighted by molar-refractivity contribution is -0.118. The molecule has 0 bridgehead atoms. The highest BCUT2D eigenvalue weighted by Gasteiger charge is 2.37. The fourth-order valence-corrected chi connectivity index (χ4v) is 4.73. The Kier molecular flexibility index (Phi) is 14.4. The van der Waals surface area contributed by atoms with Gasteiger partial charge in [0.1, 0.15) is 12.0 Å². The third kappa shape index (κ3) is 10.9. The van der Waals surface area contributed by atoms with Crippen LogP contribution in [-0.2, 0) is 19.0 Å². The number of unbranched alkanes of at least 4 members (excludes halogenated alkanes) is 4. The molecular weight excluding hydrogens is 552 g/mol. The second-order valence-corrected chi connectivity index (χ2v) is 10.7. The standard InChI is InChI=1S/C32H46N4O7/c1-4-5-6-7-8-16-41-18-19-42-17-15-34-31(39)26-11-9-25(10-12-26)30(38)33-14-13-27-21-36(24(3)35-32(27)40)29-20-23(2)28(22-37)43-29/h9-14,21,23,28-29,37H,3-8,15-20,22H2,1-2H3,(H,33,38)(H,34,39)(H,35,40). The molecule has 0 aromatic heterocycles. The summed E-state index contributed by atoms with van der Waals surface area (Å²) in [7, 11) is 0. The molecule has 1 saturated heterocycles. The molecule has 11 nitrogen and oxygen atoms in total. The number of nitrogens with zero attached hydrogens (tertiary/aromatic N) is 1. The number of carbonyl (C=O) groups is 3. The van der Waals surface area contributed by atoms with Crippen molar-refractivity contribution >= 4 is 17.7 Å². The van der Waals surface area contributed by atoms with Crippen LogP contribution in [0.3, 0.4) is 0 Å². The second kappa shape index (κ2) is 18.2. The summed E-state index contributed by atoms with van der Waals surface area (Å²) in [5, 5.41) is 17.6. The van der Waals surface area contributed by atoms with Crippen molar-refractivity contribution in [1.82, 2.24) is 20.9 Å². The Morgan fingerprint density at radius 3 is 2.42 bits per heavy atom. The van der Waals surface area contributed by atoms with Crippen LogP contribution in [0.5, 0.6) is 0 Å². The van der Waals surface area contributed by atoms with E-state index in [9.17, 15) is 19.5 Å². The van der Waals surface area contributed by atoms with Gasteiger partial charge in [-0.1, -0.05) is 46.1 Å². The van der Waals surface area contributed by atoms with Gasteiger partial charge in [-0.2, -0.15) is 0 Å². The molecule has 1 aromatic rings. The van der Waals surface area contributed by atoms with Gasteiger partial charge in [-0.05, 0) is 49.1 Å². The number of rotatable bonds is 18. The summed E-state index contributed by atoms with van der Waals surface area (Å²) in [5.74, 6) is -0.475. The van der Waals surface area contributed by atoms with Gasteiger partial charge in [0.15, 0.2) is 0 Å². The SMILES string of the molecule is C=C1NC(=O)C(C=CNC(=O)c2ccc(C(=O)NCCOCCOCCCCCCC)cc2)=CN1C1CC(C)C(CO)O1. The number of aliphatic hydroxyl groups is 1. The van der Waals surface area contributed by atoms with Gasteiger partial charge in [-0.25, -0.2) is 0 Å². The van der Waals surface area contributed by atoms with Crippen molar-refractivity contribution < 1.29 is 33.7 Å². The summed E-state index contributed by atoms with van der Waals surface area (Å²) < 4.78 is 16.9. The predicted molar refractivity (Wildman–Crippen MR) is 163 cm³/mol. The molecule has 43 heavy (non-hydrogen) atoms. The van der Waals surface area contributed by atoms with E-state index >= 15 is 0 Å². The van der Waals surface area contributed by atoms with Crippen LogP contribution in [0.4, 0.5) is 0 Å². The number of amides is 3. The Balaban J connectivity index is 1.37. The molecule has 0 spiro atoms. The van der Waals surface area contributed by atoms with Crippen LogP contribution < -0.4 is 16.0 Å². The molecule has 0 radical (unpaired) electrons. The summed E-state index contributed by atoms with van der Waals surface area (Å²) in [6.07, 6.45) is 10.5. The Morgan fingerprint density at radius 1 is 1.07 bits per heavy atom. The summed E-state index contributed by atoms with van der Waals surface area (Å²) in [6.45, 7) is 10.5. The molecule has 4 N–H and O–H groups in total. The van der Waals surface area contributed by atoms with Crippen molar-refractivity contribution in [3.05, 3.63) is 71.8 Å². The minimum Gasteiger partial charge on any atom is -0.394 e. The maximum atomic E-state index is 12.6. The molecule has 2 aliphatic heterocycles. The summed E-state index contributed by atoms with van der Waals surface area (Å²) in [5.41, 5.74) is 1.09. The van der Waals surface area contributed by atoms with Gasteiger partial charge in [-0.3, -0.25) is 14.4 Å². The van der Waals surface area contributed by atoms with Gasteiger partial charge >= 0.3 is 0 Å². The third-order valence-electron chi connectivity index (χ3n) is 7.32. The van der Waals surface area contributed by atoms with Crippen LogP contribution in [0.15, 0.2) is 60.7 Å². The van der Waals surface area contributed by atoms with E-state index in [-0.39, 0.29) is 36.7 Å². The predicted octanol–water partition coefficient (Wildman–Crippen LogP) is 3.19. The van der Waals surface area contributed by atoms with Crippen molar-refractivity contribution in [3.8, 4) is 0 Å². The Morgan fingerprint density at radius 2 is 1.74 bits per heavy atom. The summed E-state index contributed by atoms with van der Waals surface area (Å²) in [6, 6.07) is 6.27. The Hall–Kier alpha value is -3.51. The zero-order valence-electron chi connectivity index (χ0n) is 25.3. The highest BCUT2D eigenvalue weighted by atomic mass is 16.5. The molecule has 2 aliphatic rings. The average Bonchev–Trinajstić information content (AvgIpc) is 3.38. The van der Waals surface area contributed by atoms with Crippen molar-refractivity contribution in [2.24, 2.45) is 5.92 Å². The zero-order valence-corrected chi connectivity index (χ0v) is 25.3. The first kappa shape index (κ1) is 34.0. The van der Waals surface area contributed by atoms with Crippen molar-refractivity contribution in [1.29, 1.82) is 0 Å². The Bertz CT molecular complexity index is 1140. The molecule has 3 rings (SSSR count). The van der Waals surface area contributed by atoms with E-state index in [1.54, 1.807) is 35.4 Å². The lowest BCUT2D eigenvalue weighted by Crippen LogP contribution is -2.42. The van der Waals surface area contributed by atoms with Crippen LogP contribution >= 0.6 is 0 Å². The van der Waals surface area contributed by atoms with Crippen molar-refractivity contribution in [2.45, 2.75) is 64.7 Å². The molecule has 0 saturated carbocycles. The molecular formula is C32H46N4O7. The number of hydrogen-bond acceptors (Lipinski definition) is 8. The van der Waals surface area contributed by atoms with Gasteiger partial charge in [0.05, 0.1) is 38.1 Å². The van der Waals surface area contributed by atoms with Crippen LogP contribution in [-0.4, -0.2) is 79.6 Å². The van der Waals surface area contributed by atoms with E-state index < -0.39 is 5.91 Å². The molecule has 3 amide bonds. The van der Waals surface area contributed by atoms with Crippen LogP contribution in [0.2, 0.25) is 0 Å². The molecule has 0 aliphatic carbocycles. The number of carbonyl (C=O) groups excluding carboxylic acids is 3. The van der Waals surface area contributed by atoms with Gasteiger partial charge < -0.3 is 40.2 Å². The largest absolute Gasteiger partial charge is 0.394 e. The van der Waals surface area contributed by atoms with Crippen LogP contribution in [0, 0.1) is 5.92 Å². The number of ether oxygens (including phenoxy) is 3. The lowest BCUT2D eigenvalue weighted by Gasteiger charge is -2.32. The normalized spacial score (nSPS) is 20.3. The average molecular weight is 599 g/mol. The summed E-state index contributed by atoms with van der Waals surface area (Å²) >= 11 is 0. The highest BCUT2D eigenvalue weighted by molar-refractivity contribution is 5.99. The molecule has 3 unspecified atom stereocenters. The fourth-order valence-electron chi connectivity index (χ4n) is 4.73. The topological polar surface area (TPSA) is 138 Å². The van der Waals surface area contributed by atoms with Gasteiger partial charge in [0.25, 0.3) is 17.7 Å². The van der Waals surface area contributed by atoms with E-state index in [1.807, 2.05) is 6.92 Å². The van der Waals surface area contributed by atoms with E-state index in [0.29, 0.717) is 55.3 Å². The third-order valence-corrected chi connectivity index (χ3v) is 7.32. The van der Waals surface area contributed by atoms with E-state index in [4.69, 9.17) is 14.2 Å². The first-order valence-electron chi connectivity index (χ1n) is 15.1. The Labute approximate surface area is 254 Å². The molecule has 1 aromatic carbocycles. The maximum absolute atomic E-state index is 12.6. The number of nitrogens with one attached hydrogen (secondary N) is 3. The number of aliphatic hydroxyl groups excluding tert-OH is 1. The second-order valence-electron chi connectivity index (χ2n) is 10.7. The van der Waals surface area contributed by atoms with Crippen molar-refractivity contribution in [2.75, 3.05) is 39.6 Å². The number of benzene rings is 1. The van der Waals surface area contributed by atoms with E-state index in [1.165, 1.54) is 38.0 Å². The minimum atomic E-state index is -0.392. The monoisotopic (exact) mass is 598 g/mol. The molecule has 1 fully saturated rings. The first-order chi connectivity index (χ1) is 20.8. The van der Waals surface area contributed by atoms with E-state index in [0.717, 1.165) is 13.0 Å². The number of hydrogen-bond donors (Lipinski definition) is 4. The van der Waals surface area contributed by atoms with Gasteiger partial charge in [0.2, 0.25) is 0 Å². The molecule has 3 atom stereocenters. The van der Waals surface area contributed by atoms with Crippen molar-refractivity contribution in [3.63, 3.8) is 0 Å². The van der Waals surface area contributed by atoms with Crippen LogP contribution in [0.1, 0.15) is 73.1 Å². The fraction of sp³-hybridized carbons (Fsp3) is 0.531. The highest BCUT2D eigenvalue weighted by Crippen LogP contribution is 2.31. The van der Waals surface area contributed by atoms with Gasteiger partial charge in [-0.15, -0.1) is 0 Å². The van der Waals surface area contributed by atoms with Gasteiger partial charge in [0, 0.05) is 36.7 Å². The molecule has 11 heteroatoms. The summed E-state index contributed by atoms with van der Waals surface area (Å²) in [4.78, 5) is 39.2. The maximum Gasteiger partial charge on any atom is 0.258 e.